The third-order valence-electron chi connectivity index (χ3n) is 3.97. The van der Waals surface area contributed by atoms with Crippen molar-refractivity contribution >= 4 is 15.9 Å². The molecule has 0 aromatic carbocycles. The van der Waals surface area contributed by atoms with Gasteiger partial charge in [-0.3, -0.25) is 11.3 Å². The highest BCUT2D eigenvalue weighted by molar-refractivity contribution is 9.10. The largest absolute Gasteiger partial charge is 0.392 e. The van der Waals surface area contributed by atoms with E-state index in [0.29, 0.717) is 23.1 Å². The average molecular weight is 356 g/mol. The van der Waals surface area contributed by atoms with Crippen molar-refractivity contribution in [3.63, 3.8) is 0 Å². The van der Waals surface area contributed by atoms with Crippen LogP contribution in [0.3, 0.4) is 0 Å². The number of aryl methyl sites for hydroxylation is 1. The first kappa shape index (κ1) is 15.7. The number of aromatic nitrogens is 3. The lowest BCUT2D eigenvalue weighted by molar-refractivity contribution is -0.199. The van der Waals surface area contributed by atoms with Gasteiger partial charge in [0.1, 0.15) is 0 Å². The normalized spacial score (nSPS) is 25.7. The molecule has 0 spiro atoms. The van der Waals surface area contributed by atoms with Crippen LogP contribution in [0.2, 0.25) is 0 Å². The zero-order valence-electron chi connectivity index (χ0n) is 11.0. The first-order valence-electron chi connectivity index (χ1n) is 6.44. The van der Waals surface area contributed by atoms with Gasteiger partial charge in [-0.15, -0.1) is 5.10 Å². The Kier molecular flexibility index (Phi) is 4.70. The van der Waals surface area contributed by atoms with Gasteiger partial charge in [-0.1, -0.05) is 18.1 Å². The summed E-state index contributed by atoms with van der Waals surface area (Å²) in [5.74, 6) is 3.57. The van der Waals surface area contributed by atoms with Gasteiger partial charge in [-0.25, -0.2) is 4.68 Å². The molecule has 1 heterocycles. The first-order valence-corrected chi connectivity index (χ1v) is 7.23. The second-order valence-corrected chi connectivity index (χ2v) is 5.88. The molecule has 3 unspecified atom stereocenters. The van der Waals surface area contributed by atoms with Crippen LogP contribution in [0.25, 0.3) is 0 Å². The van der Waals surface area contributed by atoms with E-state index >= 15 is 0 Å². The quantitative estimate of drug-likeness (QED) is 0.645. The Balaban J connectivity index is 2.34. The summed E-state index contributed by atoms with van der Waals surface area (Å²) in [5.41, 5.74) is 3.08. The van der Waals surface area contributed by atoms with E-state index in [1.54, 1.807) is 7.05 Å². The Labute approximate surface area is 123 Å². The number of hydrazine groups is 1. The molecule has 20 heavy (non-hydrogen) atoms. The molecule has 1 aromatic heterocycles. The van der Waals surface area contributed by atoms with Crippen molar-refractivity contribution in [3.05, 3.63) is 10.3 Å². The van der Waals surface area contributed by atoms with Crippen LogP contribution in [-0.2, 0) is 7.05 Å². The molecule has 1 aliphatic carbocycles. The van der Waals surface area contributed by atoms with E-state index in [9.17, 15) is 13.2 Å². The van der Waals surface area contributed by atoms with Crippen molar-refractivity contribution < 1.29 is 13.2 Å². The molecule has 9 heteroatoms. The molecule has 1 saturated carbocycles. The van der Waals surface area contributed by atoms with E-state index in [1.807, 2.05) is 0 Å². The molecule has 3 atom stereocenters. The number of nitrogens with two attached hydrogens (primary N) is 1. The van der Waals surface area contributed by atoms with Gasteiger partial charge in [0.25, 0.3) is 0 Å². The van der Waals surface area contributed by atoms with Crippen LogP contribution in [0, 0.1) is 11.8 Å². The summed E-state index contributed by atoms with van der Waals surface area (Å²) in [6, 6.07) is -0.628. The number of rotatable bonds is 3. The van der Waals surface area contributed by atoms with E-state index in [1.165, 1.54) is 4.68 Å². The molecular formula is C11H17BrF3N5. The number of hydrogen-bond donors (Lipinski definition) is 2. The van der Waals surface area contributed by atoms with Gasteiger partial charge in [-0.2, -0.15) is 13.2 Å². The van der Waals surface area contributed by atoms with Crippen LogP contribution < -0.4 is 11.3 Å². The molecule has 0 amide bonds. The standard InChI is InChI=1S/C11H17BrF3N5/c1-20-9(10(12)18-19-20)8(17-16)6-4-2-3-5-7(6)11(13,14)15/h6-8,17H,2-5,16H2,1H3. The molecule has 3 N–H and O–H groups in total. The van der Waals surface area contributed by atoms with Gasteiger partial charge in [-0.05, 0) is 34.7 Å². The average Bonchev–Trinajstić information content (AvgIpc) is 2.71. The van der Waals surface area contributed by atoms with Gasteiger partial charge in [0.15, 0.2) is 4.60 Å². The highest BCUT2D eigenvalue weighted by Gasteiger charge is 2.48. The maximum Gasteiger partial charge on any atom is 0.392 e. The van der Waals surface area contributed by atoms with Crippen LogP contribution >= 0.6 is 15.9 Å². The van der Waals surface area contributed by atoms with E-state index in [-0.39, 0.29) is 6.42 Å². The predicted molar refractivity (Wildman–Crippen MR) is 70.3 cm³/mol. The molecule has 1 fully saturated rings. The summed E-state index contributed by atoms with van der Waals surface area (Å²) < 4.78 is 41.5. The molecule has 1 aliphatic rings. The van der Waals surface area contributed by atoms with Gasteiger partial charge in [0.2, 0.25) is 0 Å². The minimum atomic E-state index is -4.21. The highest BCUT2D eigenvalue weighted by atomic mass is 79.9. The lowest BCUT2D eigenvalue weighted by Gasteiger charge is -2.37. The second-order valence-electron chi connectivity index (χ2n) is 5.13. The third-order valence-corrected chi connectivity index (χ3v) is 4.53. The fourth-order valence-electron chi connectivity index (χ4n) is 3.04. The fourth-order valence-corrected chi connectivity index (χ4v) is 3.61. The summed E-state index contributed by atoms with van der Waals surface area (Å²) in [5, 5.41) is 7.63. The summed E-state index contributed by atoms with van der Waals surface area (Å²) in [7, 11) is 1.64. The van der Waals surface area contributed by atoms with Crippen LogP contribution in [-0.4, -0.2) is 21.2 Å². The maximum absolute atomic E-state index is 13.2. The van der Waals surface area contributed by atoms with Crippen LogP contribution in [0.15, 0.2) is 4.60 Å². The van der Waals surface area contributed by atoms with Gasteiger partial charge in [0, 0.05) is 7.05 Å². The van der Waals surface area contributed by atoms with E-state index < -0.39 is 24.1 Å². The number of nitrogens with one attached hydrogen (secondary N) is 1. The lowest BCUT2D eigenvalue weighted by Crippen LogP contribution is -2.43. The summed E-state index contributed by atoms with van der Waals surface area (Å²) in [6.45, 7) is 0. The maximum atomic E-state index is 13.2. The summed E-state index contributed by atoms with van der Waals surface area (Å²) in [4.78, 5) is 0. The predicted octanol–water partition coefficient (Wildman–Crippen LogP) is 2.45. The zero-order chi connectivity index (χ0) is 14.9. The van der Waals surface area contributed by atoms with Crippen molar-refractivity contribution in [2.75, 3.05) is 0 Å². The smallest absolute Gasteiger partial charge is 0.271 e. The van der Waals surface area contributed by atoms with E-state index in [2.05, 4.69) is 31.7 Å². The molecule has 2 rings (SSSR count). The fraction of sp³-hybridized carbons (Fsp3) is 0.818. The minimum Gasteiger partial charge on any atom is -0.271 e. The highest BCUT2D eigenvalue weighted by Crippen LogP contribution is 2.46. The molecule has 0 radical (unpaired) electrons. The first-order chi connectivity index (χ1) is 9.36. The third kappa shape index (κ3) is 2.99. The van der Waals surface area contributed by atoms with Gasteiger partial charge in [0.05, 0.1) is 17.7 Å². The van der Waals surface area contributed by atoms with Gasteiger partial charge >= 0.3 is 6.18 Å². The molecule has 114 valence electrons. The van der Waals surface area contributed by atoms with Crippen molar-refractivity contribution in [3.8, 4) is 0 Å². The van der Waals surface area contributed by atoms with Crippen LogP contribution in [0.5, 0.6) is 0 Å². The van der Waals surface area contributed by atoms with Crippen LogP contribution in [0.4, 0.5) is 13.2 Å². The Hall–Kier alpha value is -0.670. The molecular weight excluding hydrogens is 339 g/mol. The van der Waals surface area contributed by atoms with E-state index in [0.717, 1.165) is 6.42 Å². The Morgan fingerprint density at radius 3 is 2.55 bits per heavy atom. The Morgan fingerprint density at radius 1 is 1.40 bits per heavy atom. The number of hydrogen-bond acceptors (Lipinski definition) is 4. The number of halogens is 4. The summed E-state index contributed by atoms with van der Waals surface area (Å²) >= 11 is 3.22. The van der Waals surface area contributed by atoms with Gasteiger partial charge < -0.3 is 0 Å². The van der Waals surface area contributed by atoms with Crippen molar-refractivity contribution in [2.24, 2.45) is 24.7 Å². The Bertz CT molecular complexity index is 442. The molecule has 5 nitrogen and oxygen atoms in total. The molecule has 0 bridgehead atoms. The molecule has 1 aromatic rings. The Morgan fingerprint density at radius 2 is 2.05 bits per heavy atom. The molecule has 0 aliphatic heterocycles. The van der Waals surface area contributed by atoms with E-state index in [4.69, 9.17) is 5.84 Å². The van der Waals surface area contributed by atoms with Crippen molar-refractivity contribution in [1.29, 1.82) is 0 Å². The monoisotopic (exact) mass is 355 g/mol. The van der Waals surface area contributed by atoms with Crippen molar-refractivity contribution in [1.82, 2.24) is 20.4 Å². The minimum absolute atomic E-state index is 0.148. The van der Waals surface area contributed by atoms with Crippen LogP contribution in [0.1, 0.15) is 37.4 Å². The molecule has 0 saturated heterocycles. The van der Waals surface area contributed by atoms with Crippen molar-refractivity contribution in [2.45, 2.75) is 37.9 Å². The number of alkyl halides is 3. The second kappa shape index (κ2) is 5.98. The number of nitrogens with zero attached hydrogens (tertiary/aromatic N) is 3. The SMILES string of the molecule is Cn1nnc(Br)c1C(NN)C1CCCCC1C(F)(F)F. The lowest BCUT2D eigenvalue weighted by atomic mass is 9.74. The summed E-state index contributed by atoms with van der Waals surface area (Å²) in [6.07, 6.45) is -2.20. The topological polar surface area (TPSA) is 68.8 Å². The zero-order valence-corrected chi connectivity index (χ0v) is 12.6.